The van der Waals surface area contributed by atoms with Gasteiger partial charge in [0, 0.05) is 16.6 Å². The maximum Gasteiger partial charge on any atom is 0.260 e. The first kappa shape index (κ1) is 21.7. The molecule has 0 aliphatic rings. The number of anilines is 2. The maximum absolute atomic E-state index is 12.8. The molecule has 0 fully saturated rings. The summed E-state index contributed by atoms with van der Waals surface area (Å²) in [7, 11) is -3.33. The minimum absolute atomic E-state index is 0.282. The van der Waals surface area contributed by atoms with E-state index in [4.69, 9.17) is 0 Å². The Morgan fingerprint density at radius 1 is 1.09 bits per heavy atom. The first-order valence-electron chi connectivity index (χ1n) is 9.66. The summed E-state index contributed by atoms with van der Waals surface area (Å²) in [6.07, 6.45) is 2.65. The van der Waals surface area contributed by atoms with Gasteiger partial charge in [-0.15, -0.1) is 11.3 Å². The molecule has 2 heterocycles. The van der Waals surface area contributed by atoms with Crippen molar-refractivity contribution in [1.82, 2.24) is 14.8 Å². The summed E-state index contributed by atoms with van der Waals surface area (Å²) >= 11 is 1.31. The Morgan fingerprint density at radius 3 is 2.53 bits per heavy atom. The van der Waals surface area contributed by atoms with Crippen LogP contribution in [0.2, 0.25) is 0 Å². The van der Waals surface area contributed by atoms with Gasteiger partial charge in [0.2, 0.25) is 10.0 Å². The third-order valence-electron chi connectivity index (χ3n) is 4.71. The molecule has 8 nitrogen and oxygen atoms in total. The van der Waals surface area contributed by atoms with E-state index in [2.05, 4.69) is 20.1 Å². The number of carbonyl (C=O) groups excluding carboxylic acids is 1. The molecule has 164 valence electrons. The van der Waals surface area contributed by atoms with Gasteiger partial charge in [-0.2, -0.15) is 5.10 Å². The first-order chi connectivity index (χ1) is 15.2. The topological polar surface area (TPSA) is 106 Å². The SMILES string of the molecule is Cc1cccc(-n2ncc(C(=O)Nc3nc(-c4ccc(NS(C)(=O)=O)cc4)cs3)c2C)c1. The van der Waals surface area contributed by atoms with Crippen molar-refractivity contribution < 1.29 is 13.2 Å². The molecule has 2 aromatic carbocycles. The fraction of sp³-hybridized carbons (Fsp3) is 0.136. The van der Waals surface area contributed by atoms with Gasteiger partial charge in [0.15, 0.2) is 5.13 Å². The summed E-state index contributed by atoms with van der Waals surface area (Å²) in [5, 5.41) is 9.49. The second-order valence-corrected chi connectivity index (χ2v) is 9.94. The summed E-state index contributed by atoms with van der Waals surface area (Å²) in [5.41, 5.74) is 5.18. The minimum atomic E-state index is -3.33. The zero-order valence-electron chi connectivity index (χ0n) is 17.7. The van der Waals surface area contributed by atoms with Crippen LogP contribution in [0.15, 0.2) is 60.1 Å². The average Bonchev–Trinajstić information content (AvgIpc) is 3.34. The van der Waals surface area contributed by atoms with E-state index < -0.39 is 10.0 Å². The largest absolute Gasteiger partial charge is 0.298 e. The molecule has 0 aliphatic heterocycles. The van der Waals surface area contributed by atoms with E-state index in [0.717, 1.165) is 28.8 Å². The van der Waals surface area contributed by atoms with Gasteiger partial charge in [0.05, 0.1) is 35.1 Å². The molecule has 0 aliphatic carbocycles. The van der Waals surface area contributed by atoms with Crippen molar-refractivity contribution in [2.24, 2.45) is 0 Å². The Hall–Kier alpha value is -3.50. The Morgan fingerprint density at radius 2 is 1.84 bits per heavy atom. The number of thiazole rings is 1. The number of aromatic nitrogens is 3. The van der Waals surface area contributed by atoms with Crippen LogP contribution in [0, 0.1) is 13.8 Å². The highest BCUT2D eigenvalue weighted by molar-refractivity contribution is 7.92. The molecule has 1 amide bonds. The molecule has 0 saturated heterocycles. The van der Waals surface area contributed by atoms with Gasteiger partial charge in [0.25, 0.3) is 5.91 Å². The Balaban J connectivity index is 1.49. The summed E-state index contributed by atoms with van der Waals surface area (Å²) < 4.78 is 26.8. The third kappa shape index (κ3) is 4.87. The molecule has 2 aromatic heterocycles. The van der Waals surface area contributed by atoms with Crippen LogP contribution in [0.1, 0.15) is 21.6 Å². The van der Waals surface area contributed by atoms with Gasteiger partial charge in [-0.1, -0.05) is 24.3 Å². The van der Waals surface area contributed by atoms with Crippen molar-refractivity contribution >= 4 is 38.1 Å². The first-order valence-corrected chi connectivity index (χ1v) is 12.4. The molecule has 0 saturated carbocycles. The van der Waals surface area contributed by atoms with Crippen LogP contribution in [0.3, 0.4) is 0 Å². The quantitative estimate of drug-likeness (QED) is 0.441. The maximum atomic E-state index is 12.8. The second kappa shape index (κ2) is 8.56. The summed E-state index contributed by atoms with van der Waals surface area (Å²) in [5.74, 6) is -0.282. The lowest BCUT2D eigenvalue weighted by Crippen LogP contribution is -2.13. The van der Waals surface area contributed by atoms with E-state index in [1.165, 1.54) is 11.3 Å². The highest BCUT2D eigenvalue weighted by Gasteiger charge is 2.17. The molecule has 0 bridgehead atoms. The van der Waals surface area contributed by atoms with E-state index >= 15 is 0 Å². The lowest BCUT2D eigenvalue weighted by atomic mass is 10.1. The van der Waals surface area contributed by atoms with Gasteiger partial charge in [-0.3, -0.25) is 14.8 Å². The zero-order valence-corrected chi connectivity index (χ0v) is 19.3. The van der Waals surface area contributed by atoms with Crippen LogP contribution in [0.25, 0.3) is 16.9 Å². The molecule has 0 unspecified atom stereocenters. The number of amides is 1. The van der Waals surface area contributed by atoms with Crippen molar-refractivity contribution in [3.63, 3.8) is 0 Å². The normalized spacial score (nSPS) is 11.3. The third-order valence-corrected chi connectivity index (χ3v) is 6.07. The smallest absolute Gasteiger partial charge is 0.260 e. The van der Waals surface area contributed by atoms with E-state index in [1.807, 2.05) is 43.5 Å². The fourth-order valence-corrected chi connectivity index (χ4v) is 4.48. The van der Waals surface area contributed by atoms with Gasteiger partial charge < -0.3 is 0 Å². The summed E-state index contributed by atoms with van der Waals surface area (Å²) in [6, 6.07) is 14.8. The number of carbonyl (C=O) groups is 1. The lowest BCUT2D eigenvalue weighted by molar-refractivity contribution is 0.102. The highest BCUT2D eigenvalue weighted by atomic mass is 32.2. The zero-order chi connectivity index (χ0) is 22.9. The van der Waals surface area contributed by atoms with Gasteiger partial charge in [-0.25, -0.2) is 18.1 Å². The fourth-order valence-electron chi connectivity index (χ4n) is 3.20. The molecule has 0 spiro atoms. The molecule has 4 rings (SSSR count). The van der Waals surface area contributed by atoms with Crippen molar-refractivity contribution in [2.75, 3.05) is 16.3 Å². The predicted octanol–water partition coefficient (Wildman–Crippen LogP) is 4.24. The number of nitrogens with zero attached hydrogens (tertiary/aromatic N) is 3. The number of rotatable bonds is 6. The van der Waals surface area contributed by atoms with Crippen LogP contribution in [-0.4, -0.2) is 35.3 Å². The van der Waals surface area contributed by atoms with Crippen molar-refractivity contribution in [2.45, 2.75) is 13.8 Å². The molecule has 0 atom stereocenters. The van der Waals surface area contributed by atoms with Crippen molar-refractivity contribution in [3.8, 4) is 16.9 Å². The molecular weight excluding hydrogens is 446 g/mol. The van der Waals surface area contributed by atoms with Crippen molar-refractivity contribution in [3.05, 3.63) is 76.9 Å². The Bertz CT molecular complexity index is 1390. The molecule has 0 radical (unpaired) electrons. The van der Waals surface area contributed by atoms with E-state index in [9.17, 15) is 13.2 Å². The minimum Gasteiger partial charge on any atom is -0.298 e. The number of benzene rings is 2. The number of aryl methyl sites for hydroxylation is 1. The standard InChI is InChI=1S/C22H21N5O3S2/c1-14-5-4-6-18(11-14)27-15(2)19(12-23-27)21(28)25-22-24-20(13-31-22)16-7-9-17(10-8-16)26-32(3,29)30/h4-13,26H,1-3H3,(H,24,25,28). The summed E-state index contributed by atoms with van der Waals surface area (Å²) in [4.78, 5) is 17.3. The van der Waals surface area contributed by atoms with Crippen LogP contribution in [0.5, 0.6) is 0 Å². The molecule has 2 N–H and O–H groups in total. The van der Waals surface area contributed by atoms with E-state index in [0.29, 0.717) is 22.1 Å². The van der Waals surface area contributed by atoms with Crippen LogP contribution >= 0.6 is 11.3 Å². The second-order valence-electron chi connectivity index (χ2n) is 7.34. The number of sulfonamides is 1. The van der Waals surface area contributed by atoms with Crippen LogP contribution in [-0.2, 0) is 10.0 Å². The van der Waals surface area contributed by atoms with Crippen LogP contribution in [0.4, 0.5) is 10.8 Å². The molecule has 4 aromatic rings. The lowest BCUT2D eigenvalue weighted by Gasteiger charge is -2.06. The van der Waals surface area contributed by atoms with E-state index in [1.54, 1.807) is 35.1 Å². The predicted molar refractivity (Wildman–Crippen MR) is 127 cm³/mol. The molecular formula is C22H21N5O3S2. The highest BCUT2D eigenvalue weighted by Crippen LogP contribution is 2.27. The van der Waals surface area contributed by atoms with Crippen LogP contribution < -0.4 is 10.0 Å². The van der Waals surface area contributed by atoms with Gasteiger partial charge in [0.1, 0.15) is 0 Å². The number of nitrogens with one attached hydrogen (secondary N) is 2. The average molecular weight is 468 g/mol. The Labute approximate surface area is 190 Å². The van der Waals surface area contributed by atoms with Gasteiger partial charge >= 0.3 is 0 Å². The Kier molecular flexibility index (Phi) is 5.81. The number of hydrogen-bond acceptors (Lipinski definition) is 6. The van der Waals surface area contributed by atoms with Crippen molar-refractivity contribution in [1.29, 1.82) is 0 Å². The van der Waals surface area contributed by atoms with E-state index in [-0.39, 0.29) is 5.91 Å². The summed E-state index contributed by atoms with van der Waals surface area (Å²) in [6.45, 7) is 3.86. The number of hydrogen-bond donors (Lipinski definition) is 2. The molecule has 32 heavy (non-hydrogen) atoms. The molecule has 10 heteroatoms. The van der Waals surface area contributed by atoms with Gasteiger partial charge in [-0.05, 0) is 43.7 Å². The monoisotopic (exact) mass is 467 g/mol.